The molecule has 0 atom stereocenters. The van der Waals surface area contributed by atoms with Crippen LogP contribution in [0.3, 0.4) is 0 Å². The molecule has 5 rings (SSSR count). The standard InChI is InChI=1S/C24H19F3N6O3/c25-24(26,27)21-8-9-32(30-21)15-22(34)29-28-13-17-14-33(18-4-2-1-3-5-18)31-23(17)16-6-7-19-20(12-16)36-11-10-35-19/h1-9,12-14H,10-11,15H2,(H,29,34)/b28-13+. The molecule has 1 amide bonds. The zero-order valence-electron chi connectivity index (χ0n) is 18.6. The average molecular weight is 496 g/mol. The normalized spacial score (nSPS) is 13.2. The quantitative estimate of drug-likeness (QED) is 0.325. The Bertz CT molecular complexity index is 1410. The van der Waals surface area contributed by atoms with Gasteiger partial charge in [-0.15, -0.1) is 0 Å². The Morgan fingerprint density at radius 3 is 2.58 bits per heavy atom. The molecule has 0 aliphatic carbocycles. The first kappa shape index (κ1) is 23.1. The lowest BCUT2D eigenvalue weighted by atomic mass is 10.1. The molecule has 1 aliphatic heterocycles. The number of nitrogens with one attached hydrogen (secondary N) is 1. The summed E-state index contributed by atoms with van der Waals surface area (Å²) < 4.78 is 51.9. The van der Waals surface area contributed by atoms with E-state index in [1.165, 1.54) is 6.21 Å². The highest BCUT2D eigenvalue weighted by Gasteiger charge is 2.33. The second-order valence-electron chi connectivity index (χ2n) is 7.76. The van der Waals surface area contributed by atoms with E-state index in [0.29, 0.717) is 36.0 Å². The molecule has 36 heavy (non-hydrogen) atoms. The number of carbonyl (C=O) groups excluding carboxylic acids is 1. The topological polar surface area (TPSA) is 95.6 Å². The summed E-state index contributed by atoms with van der Waals surface area (Å²) in [5, 5.41) is 12.0. The number of benzene rings is 2. The molecule has 0 fully saturated rings. The fourth-order valence-electron chi connectivity index (χ4n) is 3.57. The van der Waals surface area contributed by atoms with Crippen LogP contribution in [0.2, 0.25) is 0 Å². The van der Waals surface area contributed by atoms with Gasteiger partial charge in [0, 0.05) is 23.5 Å². The van der Waals surface area contributed by atoms with Crippen molar-refractivity contribution in [3.05, 3.63) is 78.2 Å². The molecule has 1 aliphatic rings. The van der Waals surface area contributed by atoms with Crippen molar-refractivity contribution in [3.63, 3.8) is 0 Å². The van der Waals surface area contributed by atoms with Crippen LogP contribution in [0.25, 0.3) is 16.9 Å². The van der Waals surface area contributed by atoms with E-state index in [2.05, 4.69) is 20.7 Å². The summed E-state index contributed by atoms with van der Waals surface area (Å²) in [6.07, 6.45) is -0.333. The molecule has 1 N–H and O–H groups in total. The van der Waals surface area contributed by atoms with E-state index in [1.807, 2.05) is 42.5 Å². The maximum absolute atomic E-state index is 12.7. The number of rotatable bonds is 6. The number of alkyl halides is 3. The number of para-hydroxylation sites is 1. The Hall–Kier alpha value is -4.61. The van der Waals surface area contributed by atoms with Gasteiger partial charge in [0.15, 0.2) is 17.2 Å². The first-order valence-corrected chi connectivity index (χ1v) is 10.8. The second-order valence-corrected chi connectivity index (χ2v) is 7.76. The van der Waals surface area contributed by atoms with Crippen LogP contribution in [0.5, 0.6) is 11.5 Å². The monoisotopic (exact) mass is 496 g/mol. The molecule has 12 heteroatoms. The van der Waals surface area contributed by atoms with Gasteiger partial charge >= 0.3 is 6.18 Å². The number of fused-ring (bicyclic) bond motifs is 1. The third kappa shape index (κ3) is 5.06. The third-order valence-electron chi connectivity index (χ3n) is 5.21. The summed E-state index contributed by atoms with van der Waals surface area (Å²) in [4.78, 5) is 12.2. The Morgan fingerprint density at radius 1 is 1.06 bits per heavy atom. The first-order valence-electron chi connectivity index (χ1n) is 10.8. The second kappa shape index (κ2) is 9.56. The molecule has 2 aromatic carbocycles. The summed E-state index contributed by atoms with van der Waals surface area (Å²) in [5.41, 5.74) is 3.98. The number of hydrogen-bond acceptors (Lipinski definition) is 6. The van der Waals surface area contributed by atoms with Gasteiger partial charge in [-0.25, -0.2) is 10.1 Å². The smallest absolute Gasteiger partial charge is 0.435 e. The molecule has 184 valence electrons. The van der Waals surface area contributed by atoms with Crippen LogP contribution in [-0.2, 0) is 17.5 Å². The molecule has 9 nitrogen and oxygen atoms in total. The van der Waals surface area contributed by atoms with Crippen LogP contribution < -0.4 is 14.9 Å². The predicted octanol–water partition coefficient (Wildman–Crippen LogP) is 3.68. The van der Waals surface area contributed by atoms with Gasteiger partial charge in [0.05, 0.1) is 11.9 Å². The van der Waals surface area contributed by atoms with Crippen LogP contribution in [-0.4, -0.2) is 44.9 Å². The van der Waals surface area contributed by atoms with E-state index in [1.54, 1.807) is 16.9 Å². The molecule has 0 radical (unpaired) electrons. The summed E-state index contributed by atoms with van der Waals surface area (Å²) in [6.45, 7) is 0.490. The molecule has 3 heterocycles. The van der Waals surface area contributed by atoms with Crippen molar-refractivity contribution >= 4 is 12.1 Å². The molecule has 0 unspecified atom stereocenters. The minimum Gasteiger partial charge on any atom is -0.486 e. The van der Waals surface area contributed by atoms with Gasteiger partial charge in [0.25, 0.3) is 5.91 Å². The predicted molar refractivity (Wildman–Crippen MR) is 123 cm³/mol. The van der Waals surface area contributed by atoms with E-state index >= 15 is 0 Å². The lowest BCUT2D eigenvalue weighted by Gasteiger charge is -2.18. The molecular formula is C24H19F3N6O3. The van der Waals surface area contributed by atoms with Crippen LogP contribution >= 0.6 is 0 Å². The van der Waals surface area contributed by atoms with Crippen LogP contribution in [0.4, 0.5) is 13.2 Å². The summed E-state index contributed by atoms with van der Waals surface area (Å²) in [5.74, 6) is 0.600. The third-order valence-corrected chi connectivity index (χ3v) is 5.21. The van der Waals surface area contributed by atoms with Crippen molar-refractivity contribution in [1.82, 2.24) is 25.0 Å². The molecule has 0 spiro atoms. The van der Waals surface area contributed by atoms with E-state index < -0.39 is 24.3 Å². The van der Waals surface area contributed by atoms with Crippen molar-refractivity contribution in [2.75, 3.05) is 13.2 Å². The number of halogens is 3. The maximum atomic E-state index is 12.7. The number of nitrogens with zero attached hydrogens (tertiary/aromatic N) is 5. The largest absolute Gasteiger partial charge is 0.486 e. The van der Waals surface area contributed by atoms with Gasteiger partial charge in [0.2, 0.25) is 0 Å². The van der Waals surface area contributed by atoms with E-state index in [9.17, 15) is 18.0 Å². The fourth-order valence-corrected chi connectivity index (χ4v) is 3.57. The lowest BCUT2D eigenvalue weighted by Crippen LogP contribution is -2.23. The van der Waals surface area contributed by atoms with Crippen molar-refractivity contribution in [2.45, 2.75) is 12.7 Å². The van der Waals surface area contributed by atoms with Gasteiger partial charge in [-0.2, -0.15) is 28.5 Å². The molecule has 0 saturated heterocycles. The fraction of sp³-hybridized carbons (Fsp3) is 0.167. The molecule has 4 aromatic rings. The lowest BCUT2D eigenvalue weighted by molar-refractivity contribution is -0.141. The number of hydrogen-bond donors (Lipinski definition) is 1. The Kier molecular flexibility index (Phi) is 6.15. The molecule has 2 aromatic heterocycles. The van der Waals surface area contributed by atoms with Gasteiger partial charge in [-0.3, -0.25) is 9.48 Å². The number of hydrazone groups is 1. The number of aromatic nitrogens is 4. The van der Waals surface area contributed by atoms with E-state index in [-0.39, 0.29) is 0 Å². The van der Waals surface area contributed by atoms with Crippen LogP contribution in [0, 0.1) is 0 Å². The Labute approximate surface area is 202 Å². The molecular weight excluding hydrogens is 477 g/mol. The van der Waals surface area contributed by atoms with Crippen molar-refractivity contribution in [3.8, 4) is 28.4 Å². The van der Waals surface area contributed by atoms with E-state index in [4.69, 9.17) is 9.47 Å². The van der Waals surface area contributed by atoms with Gasteiger partial charge < -0.3 is 9.47 Å². The highest BCUT2D eigenvalue weighted by molar-refractivity contribution is 5.90. The average Bonchev–Trinajstić information content (AvgIpc) is 3.52. The van der Waals surface area contributed by atoms with Crippen LogP contribution in [0.1, 0.15) is 11.3 Å². The highest BCUT2D eigenvalue weighted by atomic mass is 19.4. The van der Waals surface area contributed by atoms with Crippen molar-refractivity contribution < 1.29 is 27.4 Å². The van der Waals surface area contributed by atoms with Gasteiger partial charge in [-0.05, 0) is 36.4 Å². The summed E-state index contributed by atoms with van der Waals surface area (Å²) in [6, 6.07) is 15.7. The first-order chi connectivity index (χ1) is 17.4. The van der Waals surface area contributed by atoms with E-state index in [0.717, 1.165) is 28.2 Å². The zero-order valence-corrected chi connectivity index (χ0v) is 18.6. The molecule has 0 saturated carbocycles. The Balaban J connectivity index is 1.37. The van der Waals surface area contributed by atoms with Crippen LogP contribution in [0.15, 0.2) is 72.1 Å². The van der Waals surface area contributed by atoms with Gasteiger partial charge in [0.1, 0.15) is 25.5 Å². The Morgan fingerprint density at radius 2 is 1.83 bits per heavy atom. The van der Waals surface area contributed by atoms with Gasteiger partial charge in [-0.1, -0.05) is 18.2 Å². The van der Waals surface area contributed by atoms with Crippen molar-refractivity contribution in [2.24, 2.45) is 5.10 Å². The SMILES string of the molecule is O=C(Cn1ccc(C(F)(F)F)n1)N/N=C/c1cn(-c2ccccc2)nc1-c1ccc2c(c1)OCCO2. The minimum atomic E-state index is -4.58. The summed E-state index contributed by atoms with van der Waals surface area (Å²) >= 11 is 0. The highest BCUT2D eigenvalue weighted by Crippen LogP contribution is 2.35. The van der Waals surface area contributed by atoms with Crippen molar-refractivity contribution in [1.29, 1.82) is 0 Å². The summed E-state index contributed by atoms with van der Waals surface area (Å²) in [7, 11) is 0. The number of ether oxygens (including phenoxy) is 2. The zero-order chi connectivity index (χ0) is 25.1. The number of carbonyl (C=O) groups is 1. The maximum Gasteiger partial charge on any atom is 0.435 e. The minimum absolute atomic E-state index is 0.425. The number of amides is 1. The molecule has 0 bridgehead atoms.